The third-order valence-electron chi connectivity index (χ3n) is 0.766. The molecular formula is C6H14O2Si. The first-order valence-electron chi connectivity index (χ1n) is 2.91. The van der Waals surface area contributed by atoms with E-state index >= 15 is 0 Å². The molecule has 0 aromatic rings. The lowest BCUT2D eigenvalue weighted by molar-refractivity contribution is 0.137. The molecule has 2 nitrogen and oxygen atoms in total. The monoisotopic (exact) mass is 146 g/mol. The van der Waals surface area contributed by atoms with Gasteiger partial charge in [0.1, 0.15) is 0 Å². The molecular weight excluding hydrogens is 132 g/mol. The van der Waals surface area contributed by atoms with Gasteiger partial charge in [0.05, 0.1) is 15.2 Å². The van der Waals surface area contributed by atoms with E-state index in [0.717, 1.165) is 0 Å². The van der Waals surface area contributed by atoms with E-state index in [1.165, 1.54) is 7.11 Å². The van der Waals surface area contributed by atoms with Crippen molar-refractivity contribution in [2.75, 3.05) is 7.11 Å². The van der Waals surface area contributed by atoms with Gasteiger partial charge in [0.25, 0.3) is 5.95 Å². The van der Waals surface area contributed by atoms with Crippen LogP contribution in [-0.4, -0.2) is 20.3 Å². The number of methoxy groups -OCH3 is 1. The second-order valence-electron chi connectivity index (χ2n) is 3.05. The Labute approximate surface area is 57.2 Å². The molecule has 1 N–H and O–H groups in total. The van der Waals surface area contributed by atoms with Crippen LogP contribution in [0, 0.1) is 0 Å². The number of hydrogen-bond acceptors (Lipinski definition) is 2. The maximum absolute atomic E-state index is 8.87. The van der Waals surface area contributed by atoms with E-state index in [1.807, 2.05) is 0 Å². The normalized spacial score (nSPS) is 13.6. The molecule has 0 spiro atoms. The summed E-state index contributed by atoms with van der Waals surface area (Å²) in [5, 5.41) is 8.87. The van der Waals surface area contributed by atoms with Gasteiger partial charge >= 0.3 is 0 Å². The molecule has 0 saturated heterocycles. The van der Waals surface area contributed by atoms with Gasteiger partial charge in [-0.05, 0) is 5.70 Å². The van der Waals surface area contributed by atoms with E-state index in [9.17, 15) is 0 Å². The molecule has 0 rings (SSSR count). The van der Waals surface area contributed by atoms with Crippen molar-refractivity contribution in [3.8, 4) is 0 Å². The highest BCUT2D eigenvalue weighted by Crippen LogP contribution is 2.04. The molecule has 0 aliphatic heterocycles. The van der Waals surface area contributed by atoms with E-state index in [-0.39, 0.29) is 5.95 Å². The van der Waals surface area contributed by atoms with E-state index in [1.54, 1.807) is 5.70 Å². The van der Waals surface area contributed by atoms with Gasteiger partial charge in [-0.25, -0.2) is 0 Å². The van der Waals surface area contributed by atoms with Gasteiger partial charge < -0.3 is 9.84 Å². The zero-order valence-electron chi connectivity index (χ0n) is 6.43. The van der Waals surface area contributed by atoms with Crippen LogP contribution < -0.4 is 0 Å². The Balaban J connectivity index is 3.95. The summed E-state index contributed by atoms with van der Waals surface area (Å²) in [6.07, 6.45) is 0. The van der Waals surface area contributed by atoms with E-state index in [4.69, 9.17) is 5.11 Å². The number of rotatable bonds is 2. The minimum Gasteiger partial charge on any atom is -0.482 e. The summed E-state index contributed by atoms with van der Waals surface area (Å²) < 4.78 is 4.58. The summed E-state index contributed by atoms with van der Waals surface area (Å²) in [7, 11) is 0.186. The van der Waals surface area contributed by atoms with Crippen LogP contribution in [0.1, 0.15) is 0 Å². The zero-order chi connectivity index (χ0) is 7.49. The van der Waals surface area contributed by atoms with E-state index in [0.29, 0.717) is 0 Å². The standard InChI is InChI=1S/C6H14O2Si/c1-8-6(7)5-9(2,3)4/h5,7H,1-4H3/b6-5-. The van der Waals surface area contributed by atoms with Gasteiger partial charge in [-0.15, -0.1) is 0 Å². The summed E-state index contributed by atoms with van der Waals surface area (Å²) in [6.45, 7) is 6.38. The fraction of sp³-hybridized carbons (Fsp3) is 0.667. The molecule has 0 heterocycles. The third kappa shape index (κ3) is 5.43. The molecule has 0 aliphatic carbocycles. The van der Waals surface area contributed by atoms with Crippen LogP contribution in [0.2, 0.25) is 19.6 Å². The van der Waals surface area contributed by atoms with Crippen molar-refractivity contribution in [2.45, 2.75) is 19.6 Å². The summed E-state index contributed by atoms with van der Waals surface area (Å²) in [5.41, 5.74) is 1.80. The number of ether oxygens (including phenoxy) is 1. The van der Waals surface area contributed by atoms with Crippen LogP contribution >= 0.6 is 0 Å². The third-order valence-corrected chi connectivity index (χ3v) is 1.88. The van der Waals surface area contributed by atoms with Crippen molar-refractivity contribution >= 4 is 8.07 Å². The molecule has 0 amide bonds. The van der Waals surface area contributed by atoms with Crippen molar-refractivity contribution in [1.29, 1.82) is 0 Å². The zero-order valence-corrected chi connectivity index (χ0v) is 7.43. The van der Waals surface area contributed by atoms with Crippen LogP contribution in [0.15, 0.2) is 11.6 Å². The first-order chi connectivity index (χ1) is 3.95. The molecule has 0 aliphatic rings. The van der Waals surface area contributed by atoms with Crippen LogP contribution in [0.3, 0.4) is 0 Å². The van der Waals surface area contributed by atoms with Crippen LogP contribution in [0.4, 0.5) is 0 Å². The summed E-state index contributed by atoms with van der Waals surface area (Å²) in [4.78, 5) is 0. The molecule has 9 heavy (non-hydrogen) atoms. The maximum Gasteiger partial charge on any atom is 0.267 e. The highest BCUT2D eigenvalue weighted by Gasteiger charge is 2.10. The van der Waals surface area contributed by atoms with Gasteiger partial charge in [0, 0.05) is 0 Å². The first kappa shape index (κ1) is 8.56. The van der Waals surface area contributed by atoms with Crippen LogP contribution in [-0.2, 0) is 4.74 Å². The van der Waals surface area contributed by atoms with Crippen molar-refractivity contribution in [1.82, 2.24) is 0 Å². The Morgan fingerprint density at radius 1 is 1.44 bits per heavy atom. The topological polar surface area (TPSA) is 29.5 Å². The SMILES string of the molecule is CO/C(O)=C\[Si](C)(C)C. The first-order valence-corrected chi connectivity index (χ1v) is 6.49. The Bertz CT molecular complexity index is 113. The fourth-order valence-corrected chi connectivity index (χ4v) is 1.29. The smallest absolute Gasteiger partial charge is 0.267 e. The molecule has 0 atom stereocenters. The molecule has 0 radical (unpaired) electrons. The van der Waals surface area contributed by atoms with Gasteiger partial charge in [-0.2, -0.15) is 0 Å². The molecule has 3 heteroatoms. The maximum atomic E-state index is 8.87. The lowest BCUT2D eigenvalue weighted by Gasteiger charge is -2.08. The van der Waals surface area contributed by atoms with Crippen molar-refractivity contribution in [2.24, 2.45) is 0 Å². The van der Waals surface area contributed by atoms with Crippen molar-refractivity contribution in [3.05, 3.63) is 11.6 Å². The lowest BCUT2D eigenvalue weighted by atomic mass is 11.0. The lowest BCUT2D eigenvalue weighted by Crippen LogP contribution is -2.17. The Morgan fingerprint density at radius 3 is 2.00 bits per heavy atom. The number of aliphatic hydroxyl groups is 1. The predicted molar refractivity (Wildman–Crippen MR) is 41.1 cm³/mol. The average molecular weight is 146 g/mol. The van der Waals surface area contributed by atoms with E-state index in [2.05, 4.69) is 24.4 Å². The fourth-order valence-electron chi connectivity index (χ4n) is 0.429. The second-order valence-corrected chi connectivity index (χ2v) is 8.07. The minimum atomic E-state index is -1.28. The van der Waals surface area contributed by atoms with Gasteiger partial charge in [0.15, 0.2) is 0 Å². The summed E-state index contributed by atoms with van der Waals surface area (Å²) in [5.74, 6) is 0.0502. The van der Waals surface area contributed by atoms with Crippen LogP contribution in [0.25, 0.3) is 0 Å². The summed E-state index contributed by atoms with van der Waals surface area (Å²) in [6, 6.07) is 0. The van der Waals surface area contributed by atoms with Crippen molar-refractivity contribution < 1.29 is 9.84 Å². The quantitative estimate of drug-likeness (QED) is 0.476. The Kier molecular flexibility index (Phi) is 2.77. The van der Waals surface area contributed by atoms with Crippen LogP contribution in [0.5, 0.6) is 0 Å². The largest absolute Gasteiger partial charge is 0.482 e. The Hall–Kier alpha value is -0.443. The highest BCUT2D eigenvalue weighted by molar-refractivity contribution is 6.81. The molecule has 0 unspecified atom stereocenters. The van der Waals surface area contributed by atoms with Crippen molar-refractivity contribution in [3.63, 3.8) is 0 Å². The Morgan fingerprint density at radius 2 is 1.89 bits per heavy atom. The molecule has 0 saturated carbocycles. The molecule has 0 fully saturated rings. The number of hydrogen-bond donors (Lipinski definition) is 1. The number of aliphatic hydroxyl groups excluding tert-OH is 1. The van der Waals surface area contributed by atoms with Gasteiger partial charge in [0.2, 0.25) is 0 Å². The molecule has 0 aromatic heterocycles. The second kappa shape index (κ2) is 2.92. The summed E-state index contributed by atoms with van der Waals surface area (Å²) >= 11 is 0. The minimum absolute atomic E-state index is 0.0502. The average Bonchev–Trinajstić information content (AvgIpc) is 1.62. The molecule has 0 aromatic carbocycles. The van der Waals surface area contributed by atoms with Gasteiger partial charge in [-0.3, -0.25) is 0 Å². The van der Waals surface area contributed by atoms with E-state index < -0.39 is 8.07 Å². The highest BCUT2D eigenvalue weighted by atomic mass is 28.3. The molecule has 0 bridgehead atoms. The predicted octanol–water partition coefficient (Wildman–Crippen LogP) is 1.91. The molecule has 54 valence electrons. The van der Waals surface area contributed by atoms with Gasteiger partial charge in [-0.1, -0.05) is 19.6 Å².